The molecule has 2 aromatic carbocycles. The highest BCUT2D eigenvalue weighted by Gasteiger charge is 2.23. The Morgan fingerprint density at radius 1 is 1.02 bits per heavy atom. The van der Waals surface area contributed by atoms with Gasteiger partial charge in [-0.3, -0.25) is 14.4 Å². The molecule has 0 unspecified atom stereocenters. The lowest BCUT2D eigenvalue weighted by Crippen LogP contribution is -2.37. The third-order valence-electron chi connectivity index (χ3n) is 7.30. The average molecular weight is 639 g/mol. The number of halogens is 3. The Morgan fingerprint density at radius 3 is 2.43 bits per heavy atom. The van der Waals surface area contributed by atoms with E-state index in [2.05, 4.69) is 10.3 Å². The molecule has 2 N–H and O–H groups in total. The van der Waals surface area contributed by atoms with Crippen LogP contribution in [-0.4, -0.2) is 74.6 Å². The normalized spacial score (nSPS) is 12.0. The number of rotatable bonds is 12. The molecule has 14 heteroatoms. The van der Waals surface area contributed by atoms with Gasteiger partial charge < -0.3 is 29.4 Å². The van der Waals surface area contributed by atoms with E-state index in [4.69, 9.17) is 0 Å². The Bertz CT molecular complexity index is 1850. The van der Waals surface area contributed by atoms with Crippen LogP contribution in [0.2, 0.25) is 0 Å². The maximum Gasteiger partial charge on any atom is 0.407 e. The SMILES string of the molecule is CN(C)C(=O)/C=C/CC[C@@H](CN(C)C(=O)O)C(=O)Nc1cccn(Cc2nc3ccc(F)cc3n2Cc2ccc(F)cc2F)c1=O. The van der Waals surface area contributed by atoms with E-state index in [0.29, 0.717) is 17.5 Å². The van der Waals surface area contributed by atoms with Crippen molar-refractivity contribution in [1.29, 1.82) is 0 Å². The fourth-order valence-electron chi connectivity index (χ4n) is 4.75. The first-order chi connectivity index (χ1) is 21.8. The number of aromatic nitrogens is 3. The second-order valence-electron chi connectivity index (χ2n) is 10.9. The topological polar surface area (TPSA) is 130 Å². The minimum atomic E-state index is -1.23. The minimum Gasteiger partial charge on any atom is -0.465 e. The fraction of sp³-hybridized carbons (Fsp3) is 0.281. The van der Waals surface area contributed by atoms with Crippen LogP contribution in [0.5, 0.6) is 0 Å². The number of likely N-dealkylation sites (N-methyl/N-ethyl adjacent to an activating group) is 1. The van der Waals surface area contributed by atoms with Gasteiger partial charge >= 0.3 is 6.09 Å². The Hall–Kier alpha value is -5.40. The van der Waals surface area contributed by atoms with E-state index in [9.17, 15) is 37.5 Å². The number of fused-ring (bicyclic) bond motifs is 1. The summed E-state index contributed by atoms with van der Waals surface area (Å²) in [6, 6.07) is 9.95. The molecule has 11 nitrogen and oxygen atoms in total. The molecule has 0 saturated heterocycles. The first-order valence-electron chi connectivity index (χ1n) is 14.2. The molecule has 0 bridgehead atoms. The van der Waals surface area contributed by atoms with Crippen LogP contribution in [0.4, 0.5) is 23.7 Å². The molecule has 0 fully saturated rings. The monoisotopic (exact) mass is 638 g/mol. The van der Waals surface area contributed by atoms with Crippen molar-refractivity contribution in [2.75, 3.05) is 33.0 Å². The molecule has 0 saturated carbocycles. The first kappa shape index (κ1) is 33.5. The minimum absolute atomic E-state index is 0.0768. The van der Waals surface area contributed by atoms with Crippen molar-refractivity contribution >= 4 is 34.6 Å². The molecule has 0 aliphatic rings. The van der Waals surface area contributed by atoms with Crippen LogP contribution in [-0.2, 0) is 22.7 Å². The zero-order chi connectivity index (χ0) is 33.5. The molecule has 0 radical (unpaired) electrons. The van der Waals surface area contributed by atoms with Crippen molar-refractivity contribution in [3.8, 4) is 0 Å². The highest BCUT2D eigenvalue weighted by atomic mass is 19.1. The number of hydrogen-bond donors (Lipinski definition) is 2. The lowest BCUT2D eigenvalue weighted by Gasteiger charge is -2.21. The molecule has 242 valence electrons. The number of benzene rings is 2. The predicted molar refractivity (Wildman–Crippen MR) is 165 cm³/mol. The molecule has 4 aromatic rings. The molecule has 3 amide bonds. The quantitative estimate of drug-likeness (QED) is 0.223. The van der Waals surface area contributed by atoms with Gasteiger partial charge in [0.2, 0.25) is 11.8 Å². The van der Waals surface area contributed by atoms with Gasteiger partial charge in [0.25, 0.3) is 5.56 Å². The van der Waals surface area contributed by atoms with Crippen LogP contribution in [0.3, 0.4) is 0 Å². The van der Waals surface area contributed by atoms with E-state index in [0.717, 1.165) is 17.0 Å². The summed E-state index contributed by atoms with van der Waals surface area (Å²) in [7, 11) is 4.51. The van der Waals surface area contributed by atoms with Crippen molar-refractivity contribution in [2.24, 2.45) is 5.92 Å². The number of amides is 3. The van der Waals surface area contributed by atoms with E-state index >= 15 is 0 Å². The third-order valence-corrected chi connectivity index (χ3v) is 7.30. The number of carbonyl (C=O) groups excluding carboxylic acids is 2. The van der Waals surface area contributed by atoms with Gasteiger partial charge in [0, 0.05) is 45.5 Å². The van der Waals surface area contributed by atoms with Crippen molar-refractivity contribution < 1.29 is 32.7 Å². The molecule has 0 aliphatic carbocycles. The maximum atomic E-state index is 14.6. The summed E-state index contributed by atoms with van der Waals surface area (Å²) in [5.41, 5.74) is 0.173. The number of hydrogen-bond acceptors (Lipinski definition) is 5. The molecular formula is C32H33F3N6O5. The number of allylic oxidation sites excluding steroid dienone is 1. The van der Waals surface area contributed by atoms with Crippen LogP contribution in [0.25, 0.3) is 11.0 Å². The average Bonchev–Trinajstić information content (AvgIpc) is 3.33. The second-order valence-corrected chi connectivity index (χ2v) is 10.9. The van der Waals surface area contributed by atoms with Crippen LogP contribution in [0, 0.1) is 23.4 Å². The van der Waals surface area contributed by atoms with Gasteiger partial charge in [-0.25, -0.2) is 22.9 Å². The number of nitrogens with one attached hydrogen (secondary N) is 1. The third kappa shape index (κ3) is 8.20. The highest BCUT2D eigenvalue weighted by molar-refractivity contribution is 5.92. The van der Waals surface area contributed by atoms with Crippen LogP contribution >= 0.6 is 0 Å². The predicted octanol–water partition coefficient (Wildman–Crippen LogP) is 4.30. The Labute approximate surface area is 262 Å². The van der Waals surface area contributed by atoms with Gasteiger partial charge in [-0.1, -0.05) is 12.1 Å². The summed E-state index contributed by atoms with van der Waals surface area (Å²) in [5, 5.41) is 11.9. The molecular weight excluding hydrogens is 605 g/mol. The Balaban J connectivity index is 1.60. The van der Waals surface area contributed by atoms with E-state index in [1.54, 1.807) is 20.2 Å². The molecule has 4 rings (SSSR count). The summed E-state index contributed by atoms with van der Waals surface area (Å²) >= 11 is 0. The number of anilines is 1. The van der Waals surface area contributed by atoms with Gasteiger partial charge in [0.15, 0.2) is 0 Å². The van der Waals surface area contributed by atoms with Gasteiger partial charge in [0.05, 0.1) is 30.0 Å². The Kier molecular flexibility index (Phi) is 10.6. The molecule has 46 heavy (non-hydrogen) atoms. The van der Waals surface area contributed by atoms with Gasteiger partial charge in [-0.15, -0.1) is 0 Å². The number of pyridine rings is 1. The summed E-state index contributed by atoms with van der Waals surface area (Å²) < 4.78 is 45.1. The number of imidazole rings is 1. The van der Waals surface area contributed by atoms with Gasteiger partial charge in [-0.2, -0.15) is 0 Å². The zero-order valence-electron chi connectivity index (χ0n) is 25.4. The largest absolute Gasteiger partial charge is 0.465 e. The summed E-state index contributed by atoms with van der Waals surface area (Å²) in [6.45, 7) is -0.421. The van der Waals surface area contributed by atoms with E-state index in [1.807, 2.05) is 0 Å². The molecule has 0 aliphatic heterocycles. The van der Waals surface area contributed by atoms with Crippen LogP contribution < -0.4 is 10.9 Å². The van der Waals surface area contributed by atoms with Crippen LogP contribution in [0.1, 0.15) is 24.2 Å². The standard InChI is InChI=1S/C32H33F3N6O5/c1-38(2)29(42)9-5-4-7-21(17-39(3)32(45)46)30(43)37-26-8-6-14-40(31(26)44)19-28-36-25-13-12-23(34)16-27(25)41(28)18-20-10-11-22(33)15-24(20)35/h5-6,8-16,21H,4,7,17-19H2,1-3H3,(H,37,43)(H,45,46)/b9-5+/t21-/m0/s1. The molecule has 0 spiro atoms. The summed E-state index contributed by atoms with van der Waals surface area (Å²) in [4.78, 5) is 56.9. The van der Waals surface area contributed by atoms with Crippen molar-refractivity contribution in [3.05, 3.63) is 106 Å². The maximum absolute atomic E-state index is 14.6. The highest BCUT2D eigenvalue weighted by Crippen LogP contribution is 2.22. The van der Waals surface area contributed by atoms with E-state index in [1.165, 1.54) is 69.8 Å². The summed E-state index contributed by atoms with van der Waals surface area (Å²) in [5.74, 6) is -3.51. The van der Waals surface area contributed by atoms with Gasteiger partial charge in [-0.05, 0) is 55.3 Å². The Morgan fingerprint density at radius 2 is 1.74 bits per heavy atom. The summed E-state index contributed by atoms with van der Waals surface area (Å²) in [6.07, 6.45) is 3.68. The zero-order valence-corrected chi connectivity index (χ0v) is 25.4. The molecule has 2 heterocycles. The van der Waals surface area contributed by atoms with E-state index < -0.39 is 40.9 Å². The van der Waals surface area contributed by atoms with Crippen molar-refractivity contribution in [1.82, 2.24) is 23.9 Å². The lowest BCUT2D eigenvalue weighted by atomic mass is 10.0. The van der Waals surface area contributed by atoms with E-state index in [-0.39, 0.29) is 49.0 Å². The lowest BCUT2D eigenvalue weighted by molar-refractivity contribution is -0.123. The number of nitrogens with zero attached hydrogens (tertiary/aromatic N) is 5. The fourth-order valence-corrected chi connectivity index (χ4v) is 4.75. The van der Waals surface area contributed by atoms with Crippen molar-refractivity contribution in [3.63, 3.8) is 0 Å². The van der Waals surface area contributed by atoms with Gasteiger partial charge in [0.1, 0.15) is 29.0 Å². The molecule has 1 atom stereocenters. The first-order valence-corrected chi connectivity index (χ1v) is 14.2. The number of carboxylic acid groups (broad SMARTS) is 1. The smallest absolute Gasteiger partial charge is 0.407 e. The van der Waals surface area contributed by atoms with Crippen molar-refractivity contribution in [2.45, 2.75) is 25.9 Å². The molecule has 2 aromatic heterocycles. The number of carbonyl (C=O) groups is 3. The second kappa shape index (κ2) is 14.6. The van der Waals surface area contributed by atoms with Crippen LogP contribution in [0.15, 0.2) is 71.7 Å².